The van der Waals surface area contributed by atoms with Crippen molar-refractivity contribution in [2.75, 3.05) is 17.2 Å². The van der Waals surface area contributed by atoms with Gasteiger partial charge in [-0.3, -0.25) is 14.6 Å². The van der Waals surface area contributed by atoms with E-state index < -0.39 is 12.9 Å². The van der Waals surface area contributed by atoms with E-state index in [4.69, 9.17) is 0 Å². The molecule has 2 unspecified atom stereocenters. The van der Waals surface area contributed by atoms with Crippen LogP contribution in [0.25, 0.3) is 22.4 Å². The van der Waals surface area contributed by atoms with Crippen LogP contribution in [0.1, 0.15) is 54.6 Å². The number of alkyl halides is 4. The van der Waals surface area contributed by atoms with Gasteiger partial charge in [0.2, 0.25) is 11.9 Å². The van der Waals surface area contributed by atoms with Gasteiger partial charge in [-0.25, -0.2) is 37.5 Å². The molecule has 7 rings (SSSR count). The first kappa shape index (κ1) is 35.6. The van der Waals surface area contributed by atoms with Crippen molar-refractivity contribution in [3.05, 3.63) is 108 Å². The molecule has 4 N–H and O–H groups in total. The van der Waals surface area contributed by atoms with Crippen LogP contribution in [-0.2, 0) is 4.79 Å². The zero-order chi connectivity index (χ0) is 36.8. The van der Waals surface area contributed by atoms with Crippen LogP contribution in [0, 0.1) is 19.8 Å². The van der Waals surface area contributed by atoms with Crippen molar-refractivity contribution in [1.29, 1.82) is 0 Å². The molecule has 12 nitrogen and oxygen atoms in total. The van der Waals surface area contributed by atoms with E-state index in [1.807, 2.05) is 62.0 Å². The minimum Gasteiger partial charge on any atom is -0.356 e. The summed E-state index contributed by atoms with van der Waals surface area (Å²) in [5, 5.41) is 19.9. The predicted octanol–water partition coefficient (Wildman–Crippen LogP) is 7.88. The Labute approximate surface area is 296 Å². The number of halogens is 4. The Morgan fingerprint density at radius 2 is 1.65 bits per heavy atom. The fourth-order valence-corrected chi connectivity index (χ4v) is 5.65. The highest BCUT2D eigenvalue weighted by atomic mass is 19.3. The molecule has 0 bridgehead atoms. The zero-order valence-electron chi connectivity index (χ0n) is 28.4. The SMILES string of the molecule is Cc1cc(Nc2cc(C(F)F)ccn2)nc(-c2cnn(C(C)C3CNC(=O)C3)c2)c1.Cc1cc(Nc2nccc(C(F)F)n2)cc(-c2cn[nH]c2)c1. The number of H-pyrrole nitrogens is 1. The highest BCUT2D eigenvalue weighted by Gasteiger charge is 2.28. The van der Waals surface area contributed by atoms with Gasteiger partial charge in [0, 0.05) is 66.0 Å². The largest absolute Gasteiger partial charge is 0.356 e. The minimum atomic E-state index is -2.62. The first-order valence-corrected chi connectivity index (χ1v) is 16.3. The van der Waals surface area contributed by atoms with Crippen LogP contribution in [0.2, 0.25) is 0 Å². The standard InChI is InChI=1S/C21H22F2N6O.C15H13F2N5/c1-12-5-17(16-10-26-29(11-16)13(2)15-8-20(30)25-9-15)27-19(6-12)28-18-7-14(21(22)23)3-4-24-18;1-9-4-10(11-7-19-20-8-11)6-12(5-9)21-15-18-3-2-13(22-15)14(16)17/h3-7,10-11,13,15,21H,8-9H2,1-2H3,(H,25,30)(H,24,27,28);2-8,14H,1H3,(H,19,20)(H,18,21,22). The van der Waals surface area contributed by atoms with E-state index in [0.29, 0.717) is 30.3 Å². The average Bonchev–Trinajstić information content (AvgIpc) is 3.91. The molecule has 0 saturated carbocycles. The van der Waals surface area contributed by atoms with Crippen LogP contribution in [-0.4, -0.2) is 52.4 Å². The predicted molar refractivity (Wildman–Crippen MR) is 188 cm³/mol. The van der Waals surface area contributed by atoms with E-state index in [-0.39, 0.29) is 35.1 Å². The number of aromatic amines is 1. The van der Waals surface area contributed by atoms with Crippen LogP contribution < -0.4 is 16.0 Å². The molecule has 1 aromatic carbocycles. The normalized spacial score (nSPS) is 14.6. The van der Waals surface area contributed by atoms with Gasteiger partial charge in [0.25, 0.3) is 12.9 Å². The average molecular weight is 714 g/mol. The van der Waals surface area contributed by atoms with Crippen molar-refractivity contribution in [3.8, 4) is 22.4 Å². The molecule has 1 saturated heterocycles. The van der Waals surface area contributed by atoms with Gasteiger partial charge in [0.05, 0.1) is 24.1 Å². The molecule has 1 amide bonds. The van der Waals surface area contributed by atoms with Crippen LogP contribution in [0.3, 0.4) is 0 Å². The molecular weight excluding hydrogens is 678 g/mol. The molecule has 6 heterocycles. The highest BCUT2D eigenvalue weighted by molar-refractivity contribution is 5.78. The van der Waals surface area contributed by atoms with Gasteiger partial charge in [-0.05, 0) is 79.9 Å². The lowest BCUT2D eigenvalue weighted by molar-refractivity contribution is -0.119. The lowest BCUT2D eigenvalue weighted by atomic mass is 10.0. The lowest BCUT2D eigenvalue weighted by Crippen LogP contribution is -2.19. The Balaban J connectivity index is 0.000000187. The van der Waals surface area contributed by atoms with Gasteiger partial charge >= 0.3 is 0 Å². The third kappa shape index (κ3) is 8.93. The third-order valence-electron chi connectivity index (χ3n) is 8.33. The number of nitrogens with zero attached hydrogens (tertiary/aromatic N) is 7. The summed E-state index contributed by atoms with van der Waals surface area (Å²) in [4.78, 5) is 27.9. The zero-order valence-corrected chi connectivity index (χ0v) is 28.4. The number of aryl methyl sites for hydroxylation is 2. The second-order valence-corrected chi connectivity index (χ2v) is 12.3. The van der Waals surface area contributed by atoms with Crippen molar-refractivity contribution in [2.24, 2.45) is 5.92 Å². The lowest BCUT2D eigenvalue weighted by Gasteiger charge is -2.17. The summed E-state index contributed by atoms with van der Waals surface area (Å²) < 4.78 is 53.1. The van der Waals surface area contributed by atoms with E-state index in [2.05, 4.69) is 51.2 Å². The number of benzene rings is 1. The topological polar surface area (TPSA) is 151 Å². The monoisotopic (exact) mass is 713 g/mol. The number of rotatable bonds is 10. The van der Waals surface area contributed by atoms with Crippen molar-refractivity contribution in [1.82, 2.24) is 45.2 Å². The van der Waals surface area contributed by atoms with Crippen molar-refractivity contribution in [3.63, 3.8) is 0 Å². The van der Waals surface area contributed by atoms with E-state index >= 15 is 0 Å². The summed E-state index contributed by atoms with van der Waals surface area (Å²) in [6, 6.07) is 13.4. The Morgan fingerprint density at radius 1 is 0.846 bits per heavy atom. The molecule has 2 atom stereocenters. The molecule has 1 aliphatic rings. The molecule has 0 spiro atoms. The van der Waals surface area contributed by atoms with Crippen molar-refractivity contribution >= 4 is 29.2 Å². The second-order valence-electron chi connectivity index (χ2n) is 12.3. The molecule has 0 aliphatic carbocycles. The van der Waals surface area contributed by atoms with Gasteiger partial charge in [0.1, 0.15) is 17.3 Å². The maximum Gasteiger partial charge on any atom is 0.280 e. The maximum absolute atomic E-state index is 12.9. The number of carbonyl (C=O) groups excluding carboxylic acids is 1. The summed E-state index contributed by atoms with van der Waals surface area (Å²) in [6.45, 7) is 6.57. The number of aromatic nitrogens is 8. The van der Waals surface area contributed by atoms with E-state index in [1.165, 1.54) is 30.6 Å². The number of anilines is 4. The molecule has 1 fully saturated rings. The Kier molecular flexibility index (Phi) is 10.8. The van der Waals surface area contributed by atoms with Crippen molar-refractivity contribution < 1.29 is 22.4 Å². The molecular formula is C36H35F4N11O. The van der Waals surface area contributed by atoms with Crippen LogP contribution in [0.4, 0.5) is 40.8 Å². The Bertz CT molecular complexity index is 2140. The summed E-state index contributed by atoms with van der Waals surface area (Å²) in [6.07, 6.45) is 5.11. The molecule has 16 heteroatoms. The summed E-state index contributed by atoms with van der Waals surface area (Å²) in [5.74, 6) is 1.22. The number of nitrogens with one attached hydrogen (secondary N) is 4. The summed E-state index contributed by atoms with van der Waals surface area (Å²) in [7, 11) is 0. The summed E-state index contributed by atoms with van der Waals surface area (Å²) in [5.41, 5.74) is 5.74. The molecule has 268 valence electrons. The van der Waals surface area contributed by atoms with Crippen LogP contribution in [0.15, 0.2) is 85.7 Å². The first-order valence-electron chi connectivity index (χ1n) is 16.3. The smallest absolute Gasteiger partial charge is 0.280 e. The quantitative estimate of drug-likeness (QED) is 0.104. The molecule has 5 aromatic heterocycles. The fraction of sp³-hybridized carbons (Fsp3) is 0.250. The van der Waals surface area contributed by atoms with Gasteiger partial charge in [-0.15, -0.1) is 0 Å². The highest BCUT2D eigenvalue weighted by Crippen LogP contribution is 2.29. The third-order valence-corrected chi connectivity index (χ3v) is 8.33. The number of amides is 1. The van der Waals surface area contributed by atoms with Crippen LogP contribution >= 0.6 is 0 Å². The van der Waals surface area contributed by atoms with Crippen LogP contribution in [0.5, 0.6) is 0 Å². The number of hydrogen-bond acceptors (Lipinski definition) is 9. The Hall–Kier alpha value is -6.19. The second kappa shape index (κ2) is 15.8. The minimum absolute atomic E-state index is 0.0693. The fourth-order valence-electron chi connectivity index (χ4n) is 5.65. The molecule has 1 aliphatic heterocycles. The number of carbonyl (C=O) groups is 1. The van der Waals surface area contributed by atoms with E-state index in [0.717, 1.165) is 33.5 Å². The van der Waals surface area contributed by atoms with Crippen molar-refractivity contribution in [2.45, 2.75) is 46.1 Å². The first-order chi connectivity index (χ1) is 25.0. The van der Waals surface area contributed by atoms with E-state index in [1.54, 1.807) is 18.6 Å². The number of pyridine rings is 2. The molecule has 52 heavy (non-hydrogen) atoms. The molecule has 0 radical (unpaired) electrons. The maximum atomic E-state index is 12.9. The van der Waals surface area contributed by atoms with Gasteiger partial charge in [-0.1, -0.05) is 6.07 Å². The van der Waals surface area contributed by atoms with Gasteiger partial charge in [0.15, 0.2) is 0 Å². The van der Waals surface area contributed by atoms with E-state index in [9.17, 15) is 22.4 Å². The number of hydrogen-bond donors (Lipinski definition) is 4. The Morgan fingerprint density at radius 3 is 2.38 bits per heavy atom. The van der Waals surface area contributed by atoms with Gasteiger partial charge in [-0.2, -0.15) is 10.2 Å². The van der Waals surface area contributed by atoms with Gasteiger partial charge < -0.3 is 16.0 Å². The summed E-state index contributed by atoms with van der Waals surface area (Å²) >= 11 is 0. The molecule has 6 aromatic rings.